The number of piperidine rings is 1. The Bertz CT molecular complexity index is 614. The van der Waals surface area contributed by atoms with Crippen LogP contribution >= 0.6 is 0 Å². The van der Waals surface area contributed by atoms with Crippen LogP contribution in [0.4, 0.5) is 23.9 Å². The van der Waals surface area contributed by atoms with Gasteiger partial charge in [-0.05, 0) is 39.5 Å². The molecule has 26 heavy (non-hydrogen) atoms. The van der Waals surface area contributed by atoms with E-state index in [1.807, 2.05) is 20.8 Å². The van der Waals surface area contributed by atoms with Crippen LogP contribution in [0.25, 0.3) is 0 Å². The molecule has 1 aliphatic rings. The van der Waals surface area contributed by atoms with Crippen molar-refractivity contribution in [1.82, 2.24) is 14.9 Å². The van der Waals surface area contributed by atoms with E-state index in [0.29, 0.717) is 19.0 Å². The minimum Gasteiger partial charge on any atom is -0.444 e. The van der Waals surface area contributed by atoms with E-state index in [1.165, 1.54) is 0 Å². The van der Waals surface area contributed by atoms with Gasteiger partial charge in [0.05, 0.1) is 11.6 Å². The minimum absolute atomic E-state index is 0.0979. The van der Waals surface area contributed by atoms with Gasteiger partial charge >= 0.3 is 12.3 Å². The van der Waals surface area contributed by atoms with Crippen LogP contribution in [-0.4, -0.2) is 45.7 Å². The number of nitrogens with zero attached hydrogens (tertiary/aromatic N) is 3. The molecule has 0 saturated carbocycles. The fraction of sp³-hybridized carbons (Fsp3) is 0.706. The number of nitrogens with one attached hydrogen (secondary N) is 1. The quantitative estimate of drug-likeness (QED) is 0.868. The van der Waals surface area contributed by atoms with Gasteiger partial charge in [0.15, 0.2) is 0 Å². The summed E-state index contributed by atoms with van der Waals surface area (Å²) in [6.45, 7) is 8.41. The number of likely N-dealkylation sites (tertiary alicyclic amines) is 1. The lowest BCUT2D eigenvalue weighted by Gasteiger charge is -2.39. The summed E-state index contributed by atoms with van der Waals surface area (Å²) in [5.74, 6) is 0.460. The number of amides is 1. The van der Waals surface area contributed by atoms with E-state index in [1.54, 1.807) is 4.90 Å². The Labute approximate surface area is 151 Å². The van der Waals surface area contributed by atoms with Crippen LogP contribution in [0.1, 0.15) is 46.1 Å². The highest BCUT2D eigenvalue weighted by Crippen LogP contribution is 2.28. The average Bonchev–Trinajstić information content (AvgIpc) is 2.51. The first-order valence-corrected chi connectivity index (χ1v) is 8.58. The summed E-state index contributed by atoms with van der Waals surface area (Å²) < 4.78 is 43.1. The summed E-state index contributed by atoms with van der Waals surface area (Å²) in [6.07, 6.45) is -1.64. The predicted octanol–water partition coefficient (Wildman–Crippen LogP) is 3.94. The molecule has 1 fully saturated rings. The highest BCUT2D eigenvalue weighted by molar-refractivity contribution is 5.68. The zero-order chi connectivity index (χ0) is 19.5. The topological polar surface area (TPSA) is 67.4 Å². The molecule has 0 bridgehead atoms. The first kappa shape index (κ1) is 20.3. The molecule has 0 aromatic carbocycles. The van der Waals surface area contributed by atoms with E-state index < -0.39 is 17.3 Å². The number of carbonyl (C=O) groups excluding carboxylic acids is 1. The molecular formula is C17H25F3N4O2. The van der Waals surface area contributed by atoms with Crippen LogP contribution in [0.15, 0.2) is 12.4 Å². The maximum Gasteiger partial charge on any atom is 0.419 e. The number of alkyl halides is 3. The first-order valence-electron chi connectivity index (χ1n) is 8.58. The third-order valence-corrected chi connectivity index (χ3v) is 4.04. The molecule has 146 valence electrons. The molecule has 9 heteroatoms. The van der Waals surface area contributed by atoms with Crippen LogP contribution in [0.3, 0.4) is 0 Å². The normalized spacial score (nSPS) is 21.4. The van der Waals surface area contributed by atoms with E-state index >= 15 is 0 Å². The van der Waals surface area contributed by atoms with E-state index in [9.17, 15) is 18.0 Å². The Hall–Kier alpha value is -2.06. The lowest BCUT2D eigenvalue weighted by molar-refractivity contribution is -0.138. The van der Waals surface area contributed by atoms with Crippen molar-refractivity contribution in [2.45, 2.75) is 58.4 Å². The molecule has 1 aromatic heterocycles. The van der Waals surface area contributed by atoms with Gasteiger partial charge in [-0.15, -0.1) is 0 Å². The summed E-state index contributed by atoms with van der Waals surface area (Å²) >= 11 is 0. The van der Waals surface area contributed by atoms with E-state index in [-0.39, 0.29) is 18.1 Å². The summed E-state index contributed by atoms with van der Waals surface area (Å²) in [7, 11) is 0. The Morgan fingerprint density at radius 3 is 2.42 bits per heavy atom. The minimum atomic E-state index is -4.47. The van der Waals surface area contributed by atoms with Gasteiger partial charge in [0, 0.05) is 25.5 Å². The van der Waals surface area contributed by atoms with Gasteiger partial charge in [-0.1, -0.05) is 6.92 Å². The standard InChI is InChI=1S/C17H25F3N4O2/c1-11-5-6-13(24(10-11)15(25)26-16(2,3)4)9-23-14-21-7-12(8-22-14)17(18,19)20/h7-8,11,13H,5-6,9-10H2,1-4H3,(H,21,22,23)/t11-,13-/m0/s1. The number of carbonyl (C=O) groups is 1. The van der Waals surface area contributed by atoms with Gasteiger partial charge in [-0.3, -0.25) is 0 Å². The van der Waals surface area contributed by atoms with Crippen molar-refractivity contribution in [2.24, 2.45) is 5.92 Å². The molecule has 2 rings (SSSR count). The van der Waals surface area contributed by atoms with Crippen molar-refractivity contribution >= 4 is 12.0 Å². The number of rotatable bonds is 3. The van der Waals surface area contributed by atoms with E-state index in [2.05, 4.69) is 22.2 Å². The second kappa shape index (κ2) is 7.67. The highest BCUT2D eigenvalue weighted by atomic mass is 19.4. The van der Waals surface area contributed by atoms with Gasteiger partial charge in [-0.2, -0.15) is 13.2 Å². The van der Waals surface area contributed by atoms with Gasteiger partial charge in [0.25, 0.3) is 0 Å². The molecule has 1 aromatic rings. The second-order valence-corrected chi connectivity index (χ2v) is 7.64. The van der Waals surface area contributed by atoms with E-state index in [4.69, 9.17) is 4.74 Å². The fourth-order valence-electron chi connectivity index (χ4n) is 2.74. The van der Waals surface area contributed by atoms with Gasteiger partial charge < -0.3 is 15.0 Å². The largest absolute Gasteiger partial charge is 0.444 e. The third-order valence-electron chi connectivity index (χ3n) is 4.04. The smallest absolute Gasteiger partial charge is 0.419 e. The predicted molar refractivity (Wildman–Crippen MR) is 90.6 cm³/mol. The molecule has 1 saturated heterocycles. The highest BCUT2D eigenvalue weighted by Gasteiger charge is 2.33. The van der Waals surface area contributed by atoms with Crippen molar-refractivity contribution in [3.8, 4) is 0 Å². The number of halogens is 3. The van der Waals surface area contributed by atoms with Crippen molar-refractivity contribution in [1.29, 1.82) is 0 Å². The van der Waals surface area contributed by atoms with Crippen LogP contribution < -0.4 is 5.32 Å². The van der Waals surface area contributed by atoms with E-state index in [0.717, 1.165) is 25.2 Å². The molecule has 0 spiro atoms. The lowest BCUT2D eigenvalue weighted by atomic mass is 9.94. The maximum absolute atomic E-state index is 12.5. The van der Waals surface area contributed by atoms with Crippen LogP contribution in [-0.2, 0) is 10.9 Å². The summed E-state index contributed by atoms with van der Waals surface area (Å²) in [5.41, 5.74) is -1.49. The van der Waals surface area contributed by atoms with Crippen molar-refractivity contribution in [3.63, 3.8) is 0 Å². The Kier molecular flexibility index (Phi) is 5.98. The summed E-state index contributed by atoms with van der Waals surface area (Å²) in [6, 6.07) is -0.132. The zero-order valence-corrected chi connectivity index (χ0v) is 15.4. The SMILES string of the molecule is C[C@H]1CC[C@@H](CNc2ncc(C(F)(F)F)cn2)N(C(=O)OC(C)(C)C)C1. The molecule has 0 unspecified atom stereocenters. The maximum atomic E-state index is 12.5. The molecule has 0 radical (unpaired) electrons. The number of ether oxygens (including phenoxy) is 1. The summed E-state index contributed by atoms with van der Waals surface area (Å²) in [4.78, 5) is 21.5. The van der Waals surface area contributed by atoms with Gasteiger partial charge in [0.2, 0.25) is 5.95 Å². The molecule has 6 nitrogen and oxygen atoms in total. The number of aromatic nitrogens is 2. The molecule has 2 atom stereocenters. The third kappa shape index (κ3) is 5.74. The van der Waals surface area contributed by atoms with Crippen molar-refractivity contribution in [3.05, 3.63) is 18.0 Å². The van der Waals surface area contributed by atoms with Gasteiger partial charge in [-0.25, -0.2) is 14.8 Å². The van der Waals surface area contributed by atoms with Crippen LogP contribution in [0.2, 0.25) is 0 Å². The van der Waals surface area contributed by atoms with Crippen molar-refractivity contribution in [2.75, 3.05) is 18.4 Å². The molecule has 0 aliphatic carbocycles. The zero-order valence-electron chi connectivity index (χ0n) is 15.4. The number of hydrogen-bond acceptors (Lipinski definition) is 5. The lowest BCUT2D eigenvalue weighted by Crippen LogP contribution is -2.51. The molecule has 1 N–H and O–H groups in total. The average molecular weight is 374 g/mol. The van der Waals surface area contributed by atoms with Crippen LogP contribution in [0.5, 0.6) is 0 Å². The molecule has 1 amide bonds. The Morgan fingerprint density at radius 2 is 1.88 bits per heavy atom. The summed E-state index contributed by atoms with van der Waals surface area (Å²) in [5, 5.41) is 2.92. The Balaban J connectivity index is 2.00. The van der Waals surface area contributed by atoms with Crippen molar-refractivity contribution < 1.29 is 22.7 Å². The van der Waals surface area contributed by atoms with Gasteiger partial charge in [0.1, 0.15) is 5.60 Å². The monoisotopic (exact) mass is 374 g/mol. The first-order chi connectivity index (χ1) is 12.0. The number of anilines is 1. The molecule has 2 heterocycles. The molecule has 1 aliphatic heterocycles. The molecular weight excluding hydrogens is 349 g/mol. The van der Waals surface area contributed by atoms with Crippen LogP contribution in [0, 0.1) is 5.92 Å². The number of hydrogen-bond donors (Lipinski definition) is 1. The second-order valence-electron chi connectivity index (χ2n) is 7.64. The Morgan fingerprint density at radius 1 is 1.27 bits per heavy atom. The fourth-order valence-corrected chi connectivity index (χ4v) is 2.74.